The average Bonchev–Trinajstić information content (AvgIpc) is 3.22. The van der Waals surface area contributed by atoms with Gasteiger partial charge in [-0.25, -0.2) is 4.98 Å². The average molecular weight is 411 g/mol. The summed E-state index contributed by atoms with van der Waals surface area (Å²) in [6, 6.07) is 10.5. The zero-order valence-corrected chi connectivity index (χ0v) is 18.5. The van der Waals surface area contributed by atoms with Crippen molar-refractivity contribution in [3.05, 3.63) is 35.9 Å². The number of nitrogens with one attached hydrogen (secondary N) is 1. The molecule has 2 aliphatic rings. The summed E-state index contributed by atoms with van der Waals surface area (Å²) in [6.07, 6.45) is 1.22. The Bertz CT molecular complexity index is 877. The maximum absolute atomic E-state index is 5.48. The zero-order valence-electron chi connectivity index (χ0n) is 18.5. The lowest BCUT2D eigenvalue weighted by atomic mass is 10.1. The highest BCUT2D eigenvalue weighted by molar-refractivity contribution is 5.85. The van der Waals surface area contributed by atoms with Gasteiger partial charge >= 0.3 is 0 Å². The van der Waals surface area contributed by atoms with Crippen LogP contribution in [0.25, 0.3) is 10.9 Å². The van der Waals surface area contributed by atoms with E-state index in [0.717, 1.165) is 69.8 Å². The molecular formula is C23H34N6O. The van der Waals surface area contributed by atoms with Crippen molar-refractivity contribution in [2.45, 2.75) is 13.0 Å². The molecule has 1 aromatic heterocycles. The fraction of sp³-hybridized carbons (Fsp3) is 0.565. The third kappa shape index (κ3) is 4.84. The van der Waals surface area contributed by atoms with Crippen LogP contribution in [0.4, 0.5) is 5.82 Å². The molecule has 1 atom stereocenters. The summed E-state index contributed by atoms with van der Waals surface area (Å²) in [5.41, 5.74) is 2.27. The molecule has 0 amide bonds. The van der Waals surface area contributed by atoms with Gasteiger partial charge in [-0.2, -0.15) is 0 Å². The number of pyridine rings is 1. The fourth-order valence-corrected chi connectivity index (χ4v) is 4.44. The standard InChI is InChI=1S/C23H34N6O/c1-24-23(29-9-8-18(17-29)16-28-10-12-30-13-11-28)25-15-19-14-22(27(2)3)26-21-7-5-4-6-20(19)21/h4-7,14,18H,8-13,15-17H2,1-3H3,(H,24,25). The fourth-order valence-electron chi connectivity index (χ4n) is 4.44. The summed E-state index contributed by atoms with van der Waals surface area (Å²) in [5, 5.41) is 4.80. The first-order valence-electron chi connectivity index (χ1n) is 11.0. The molecule has 2 fully saturated rings. The molecule has 0 bridgehead atoms. The number of hydrogen-bond acceptors (Lipinski definition) is 5. The number of anilines is 1. The van der Waals surface area contributed by atoms with E-state index in [1.165, 1.54) is 17.4 Å². The number of guanidine groups is 1. The Labute approximate surface area is 179 Å². The number of nitrogens with zero attached hydrogens (tertiary/aromatic N) is 5. The molecule has 4 rings (SSSR count). The van der Waals surface area contributed by atoms with Gasteiger partial charge in [-0.1, -0.05) is 18.2 Å². The molecule has 0 radical (unpaired) electrons. The summed E-state index contributed by atoms with van der Waals surface area (Å²) in [6.45, 7) is 7.90. The van der Waals surface area contributed by atoms with Gasteiger partial charge in [0.2, 0.25) is 0 Å². The largest absolute Gasteiger partial charge is 0.379 e. The molecule has 2 saturated heterocycles. The van der Waals surface area contributed by atoms with Gasteiger partial charge in [-0.05, 0) is 30.0 Å². The van der Waals surface area contributed by atoms with Crippen LogP contribution in [0.15, 0.2) is 35.3 Å². The molecule has 0 saturated carbocycles. The number of likely N-dealkylation sites (tertiary alicyclic amines) is 1. The molecule has 1 aromatic carbocycles. The minimum absolute atomic E-state index is 0.698. The Kier molecular flexibility index (Phi) is 6.69. The zero-order chi connectivity index (χ0) is 20.9. The van der Waals surface area contributed by atoms with Crippen LogP contribution < -0.4 is 10.2 Å². The Hall–Kier alpha value is -2.38. The highest BCUT2D eigenvalue weighted by Gasteiger charge is 2.27. The number of hydrogen-bond donors (Lipinski definition) is 1. The molecule has 0 spiro atoms. The van der Waals surface area contributed by atoms with Crippen molar-refractivity contribution in [3.63, 3.8) is 0 Å². The summed E-state index contributed by atoms with van der Waals surface area (Å²) < 4.78 is 5.48. The van der Waals surface area contributed by atoms with E-state index >= 15 is 0 Å². The lowest BCUT2D eigenvalue weighted by Crippen LogP contribution is -2.42. The van der Waals surface area contributed by atoms with Crippen LogP contribution in [0.5, 0.6) is 0 Å². The quantitative estimate of drug-likeness (QED) is 0.601. The molecule has 2 aromatic rings. The molecule has 30 heavy (non-hydrogen) atoms. The minimum atomic E-state index is 0.698. The maximum Gasteiger partial charge on any atom is 0.193 e. The molecule has 1 unspecified atom stereocenters. The first-order valence-corrected chi connectivity index (χ1v) is 11.0. The molecule has 1 N–H and O–H groups in total. The van der Waals surface area contributed by atoms with Crippen molar-refractivity contribution in [2.24, 2.45) is 10.9 Å². The van der Waals surface area contributed by atoms with E-state index in [2.05, 4.69) is 49.3 Å². The van der Waals surface area contributed by atoms with Gasteiger partial charge < -0.3 is 19.9 Å². The summed E-state index contributed by atoms with van der Waals surface area (Å²) in [7, 11) is 5.95. The second kappa shape index (κ2) is 9.62. The number of aromatic nitrogens is 1. The number of benzene rings is 1. The molecular weight excluding hydrogens is 376 g/mol. The van der Waals surface area contributed by atoms with Gasteiger partial charge in [0.1, 0.15) is 5.82 Å². The molecule has 162 valence electrons. The highest BCUT2D eigenvalue weighted by Crippen LogP contribution is 2.23. The summed E-state index contributed by atoms with van der Waals surface area (Å²) in [4.78, 5) is 16.3. The van der Waals surface area contributed by atoms with Crippen LogP contribution in [0.1, 0.15) is 12.0 Å². The van der Waals surface area contributed by atoms with E-state index in [0.29, 0.717) is 5.92 Å². The monoisotopic (exact) mass is 410 g/mol. The third-order valence-corrected chi connectivity index (χ3v) is 6.10. The predicted octanol–water partition coefficient (Wildman–Crippen LogP) is 2.03. The van der Waals surface area contributed by atoms with Gasteiger partial charge in [0.05, 0.1) is 18.7 Å². The van der Waals surface area contributed by atoms with Crippen LogP contribution >= 0.6 is 0 Å². The smallest absolute Gasteiger partial charge is 0.193 e. The first-order chi connectivity index (χ1) is 14.6. The second-order valence-electron chi connectivity index (χ2n) is 8.47. The van der Waals surface area contributed by atoms with Gasteiger partial charge in [-0.3, -0.25) is 9.89 Å². The normalized spacial score (nSPS) is 20.7. The number of ether oxygens (including phenoxy) is 1. The molecule has 3 heterocycles. The number of fused-ring (bicyclic) bond motifs is 1. The van der Waals surface area contributed by atoms with Gasteiger partial charge in [0.25, 0.3) is 0 Å². The van der Waals surface area contributed by atoms with Crippen molar-refractivity contribution in [1.82, 2.24) is 20.1 Å². The molecule has 7 heteroatoms. The minimum Gasteiger partial charge on any atom is -0.379 e. The number of rotatable bonds is 5. The molecule has 7 nitrogen and oxygen atoms in total. The van der Waals surface area contributed by atoms with E-state index in [4.69, 9.17) is 9.72 Å². The van der Waals surface area contributed by atoms with Gasteiger partial charge in [0, 0.05) is 65.8 Å². The Morgan fingerprint density at radius 3 is 2.80 bits per heavy atom. The molecule has 2 aliphatic heterocycles. The lowest BCUT2D eigenvalue weighted by molar-refractivity contribution is 0.0315. The van der Waals surface area contributed by atoms with E-state index in [1.54, 1.807) is 0 Å². The first kappa shape index (κ1) is 20.9. The van der Waals surface area contributed by atoms with Crippen molar-refractivity contribution in [2.75, 3.05) is 72.0 Å². The summed E-state index contributed by atoms with van der Waals surface area (Å²) in [5.74, 6) is 2.67. The van der Waals surface area contributed by atoms with Crippen molar-refractivity contribution in [1.29, 1.82) is 0 Å². The lowest BCUT2D eigenvalue weighted by Gasteiger charge is -2.29. The van der Waals surface area contributed by atoms with Gasteiger partial charge in [0.15, 0.2) is 5.96 Å². The Morgan fingerprint density at radius 1 is 1.23 bits per heavy atom. The van der Waals surface area contributed by atoms with Crippen molar-refractivity contribution in [3.8, 4) is 0 Å². The van der Waals surface area contributed by atoms with E-state index < -0.39 is 0 Å². The predicted molar refractivity (Wildman–Crippen MR) is 123 cm³/mol. The van der Waals surface area contributed by atoms with Crippen LogP contribution in [0.3, 0.4) is 0 Å². The van der Waals surface area contributed by atoms with Crippen LogP contribution in [0.2, 0.25) is 0 Å². The van der Waals surface area contributed by atoms with Crippen LogP contribution in [0, 0.1) is 5.92 Å². The van der Waals surface area contributed by atoms with Crippen LogP contribution in [-0.4, -0.2) is 87.8 Å². The Morgan fingerprint density at radius 2 is 2.03 bits per heavy atom. The van der Waals surface area contributed by atoms with E-state index in [9.17, 15) is 0 Å². The van der Waals surface area contributed by atoms with Gasteiger partial charge in [-0.15, -0.1) is 0 Å². The summed E-state index contributed by atoms with van der Waals surface area (Å²) >= 11 is 0. The Balaban J connectivity index is 1.40. The third-order valence-electron chi connectivity index (χ3n) is 6.10. The van der Waals surface area contributed by atoms with Crippen LogP contribution in [-0.2, 0) is 11.3 Å². The maximum atomic E-state index is 5.48. The number of para-hydroxylation sites is 1. The van der Waals surface area contributed by atoms with E-state index in [-0.39, 0.29) is 0 Å². The highest BCUT2D eigenvalue weighted by atomic mass is 16.5. The van der Waals surface area contributed by atoms with Crippen molar-refractivity contribution >= 4 is 22.7 Å². The molecule has 0 aliphatic carbocycles. The number of aliphatic imine (C=N–C) groups is 1. The van der Waals surface area contributed by atoms with Crippen molar-refractivity contribution < 1.29 is 4.74 Å². The van der Waals surface area contributed by atoms with E-state index in [1.807, 2.05) is 27.2 Å². The number of morpholine rings is 1. The second-order valence-corrected chi connectivity index (χ2v) is 8.47. The topological polar surface area (TPSA) is 56.2 Å². The SMILES string of the molecule is CN=C(NCc1cc(N(C)C)nc2ccccc12)N1CCC(CN2CCOCC2)C1.